The number of nitrogens with one attached hydrogen (secondary N) is 1. The van der Waals surface area contributed by atoms with Gasteiger partial charge in [0.15, 0.2) is 6.54 Å². The Kier molecular flexibility index (Phi) is 4.55. The van der Waals surface area contributed by atoms with Crippen molar-refractivity contribution in [3.8, 4) is 0 Å². The Morgan fingerprint density at radius 2 is 1.36 bits per heavy atom. The summed E-state index contributed by atoms with van der Waals surface area (Å²) in [6.45, 7) is 7.32. The van der Waals surface area contributed by atoms with E-state index in [1.165, 1.54) is 0 Å². The third-order valence-electron chi connectivity index (χ3n) is 5.72. The van der Waals surface area contributed by atoms with Gasteiger partial charge in [0.05, 0.1) is 25.7 Å². The molecule has 4 nitrogen and oxygen atoms in total. The average Bonchev–Trinajstić information content (AvgIpc) is 2.68. The lowest BCUT2D eigenvalue weighted by atomic mass is 9.98. The molecule has 25 heavy (non-hydrogen) atoms. The van der Waals surface area contributed by atoms with Crippen LogP contribution < -0.4 is 5.32 Å². The summed E-state index contributed by atoms with van der Waals surface area (Å²) in [6, 6.07) is 20.4. The van der Waals surface area contributed by atoms with Crippen molar-refractivity contribution in [2.24, 2.45) is 0 Å². The van der Waals surface area contributed by atoms with E-state index in [0.717, 1.165) is 54.9 Å². The highest BCUT2D eigenvalue weighted by molar-refractivity contribution is 5.78. The molecule has 0 radical (unpaired) electrons. The van der Waals surface area contributed by atoms with Crippen molar-refractivity contribution in [3.63, 3.8) is 0 Å². The van der Waals surface area contributed by atoms with Crippen LogP contribution in [0.1, 0.15) is 17.2 Å². The molecule has 3 aliphatic heterocycles. The molecule has 0 spiro atoms. The Labute approximate surface area is 149 Å². The highest BCUT2D eigenvalue weighted by Crippen LogP contribution is 2.23. The molecule has 0 saturated carbocycles. The number of nitrogens with zero attached hydrogens (tertiary/aromatic N) is 2. The van der Waals surface area contributed by atoms with Crippen molar-refractivity contribution in [2.45, 2.75) is 6.04 Å². The molecule has 3 fully saturated rings. The molecule has 130 valence electrons. The molecule has 1 amide bonds. The van der Waals surface area contributed by atoms with Gasteiger partial charge in [0, 0.05) is 19.6 Å². The lowest BCUT2D eigenvalue weighted by Crippen LogP contribution is -2.69. The van der Waals surface area contributed by atoms with Crippen LogP contribution in [-0.2, 0) is 4.79 Å². The quantitative estimate of drug-likeness (QED) is 0.848. The van der Waals surface area contributed by atoms with Crippen LogP contribution in [0.2, 0.25) is 0 Å². The van der Waals surface area contributed by atoms with Gasteiger partial charge in [-0.1, -0.05) is 60.7 Å². The van der Waals surface area contributed by atoms with E-state index < -0.39 is 0 Å². The van der Waals surface area contributed by atoms with Crippen LogP contribution in [0.3, 0.4) is 0 Å². The van der Waals surface area contributed by atoms with Crippen molar-refractivity contribution >= 4 is 5.91 Å². The summed E-state index contributed by atoms with van der Waals surface area (Å²) in [5.74, 6) is 0.160. The number of carbonyl (C=O) groups is 1. The molecule has 0 unspecified atom stereocenters. The van der Waals surface area contributed by atoms with Gasteiger partial charge in [-0.15, -0.1) is 0 Å². The van der Waals surface area contributed by atoms with Crippen LogP contribution in [0.4, 0.5) is 0 Å². The molecule has 1 N–H and O–H groups in total. The Balaban J connectivity index is 1.51. The molecule has 2 aromatic rings. The predicted molar refractivity (Wildman–Crippen MR) is 99.0 cm³/mol. The zero-order chi connectivity index (χ0) is 17.1. The van der Waals surface area contributed by atoms with Gasteiger partial charge < -0.3 is 9.80 Å². The fraction of sp³-hybridized carbons (Fsp3) is 0.381. The molecule has 2 aromatic carbocycles. The van der Waals surface area contributed by atoms with Crippen LogP contribution in [0.15, 0.2) is 60.7 Å². The Hall–Kier alpha value is -2.17. The minimum absolute atomic E-state index is 0.0841. The van der Waals surface area contributed by atoms with Crippen molar-refractivity contribution in [2.75, 3.05) is 45.8 Å². The van der Waals surface area contributed by atoms with Gasteiger partial charge in [0.1, 0.15) is 0 Å². The lowest BCUT2D eigenvalue weighted by Gasteiger charge is -2.50. The second-order valence-corrected chi connectivity index (χ2v) is 7.33. The van der Waals surface area contributed by atoms with Gasteiger partial charge in [0.25, 0.3) is 5.91 Å². The normalized spacial score (nSPS) is 25.1. The largest absolute Gasteiger partial charge is 0.340 e. The highest BCUT2D eigenvalue weighted by Gasteiger charge is 2.40. The number of fused-ring (bicyclic) bond motifs is 3. The zero-order valence-electron chi connectivity index (χ0n) is 14.6. The standard InChI is InChI=1S/C21H25N3O/c25-20(17-24-14-11-23(12-15-24)13-16-24)22-21(18-7-3-1-4-8-18)19-9-5-2-6-10-19/h1-10,21H,11-17H2/p+1. The Morgan fingerprint density at radius 3 is 1.84 bits per heavy atom. The van der Waals surface area contributed by atoms with Gasteiger partial charge >= 0.3 is 0 Å². The van der Waals surface area contributed by atoms with E-state index in [0.29, 0.717) is 6.54 Å². The molecule has 3 heterocycles. The Morgan fingerprint density at radius 1 is 0.880 bits per heavy atom. The third-order valence-corrected chi connectivity index (χ3v) is 5.72. The number of piperazine rings is 3. The molecule has 2 bridgehead atoms. The number of hydrogen-bond donors (Lipinski definition) is 1. The molecule has 0 aromatic heterocycles. The molecule has 5 rings (SSSR count). The average molecular weight is 336 g/mol. The second-order valence-electron chi connectivity index (χ2n) is 7.33. The number of rotatable bonds is 5. The molecule has 0 aliphatic carbocycles. The molecule has 0 atom stereocenters. The topological polar surface area (TPSA) is 32.3 Å². The van der Waals surface area contributed by atoms with Gasteiger partial charge in [-0.3, -0.25) is 9.69 Å². The maximum absolute atomic E-state index is 12.9. The van der Waals surface area contributed by atoms with E-state index in [2.05, 4.69) is 34.5 Å². The molecular formula is C21H26N3O+. The lowest BCUT2D eigenvalue weighted by molar-refractivity contribution is -0.933. The van der Waals surface area contributed by atoms with Crippen molar-refractivity contribution in [1.29, 1.82) is 0 Å². The number of quaternary nitrogens is 1. The first-order valence-electron chi connectivity index (χ1n) is 9.21. The zero-order valence-corrected chi connectivity index (χ0v) is 14.6. The Bertz CT molecular complexity index is 655. The SMILES string of the molecule is O=C(C[N+]12CCN(CC1)CC2)NC(c1ccccc1)c1ccccc1. The number of amides is 1. The summed E-state index contributed by atoms with van der Waals surface area (Å²) in [5.41, 5.74) is 2.26. The summed E-state index contributed by atoms with van der Waals surface area (Å²) in [6.07, 6.45) is 0. The third kappa shape index (κ3) is 3.60. The fourth-order valence-corrected chi connectivity index (χ4v) is 4.13. The van der Waals surface area contributed by atoms with Crippen LogP contribution in [0.5, 0.6) is 0 Å². The van der Waals surface area contributed by atoms with Crippen molar-refractivity contribution < 1.29 is 9.28 Å². The van der Waals surface area contributed by atoms with Crippen LogP contribution in [0.25, 0.3) is 0 Å². The number of benzene rings is 2. The summed E-state index contributed by atoms with van der Waals surface area (Å²) in [5, 5.41) is 3.31. The summed E-state index contributed by atoms with van der Waals surface area (Å²) >= 11 is 0. The van der Waals surface area contributed by atoms with Gasteiger partial charge in [-0.2, -0.15) is 0 Å². The maximum Gasteiger partial charge on any atom is 0.276 e. The van der Waals surface area contributed by atoms with E-state index in [1.807, 2.05) is 36.4 Å². The minimum atomic E-state index is -0.0841. The first-order valence-corrected chi connectivity index (χ1v) is 9.21. The van der Waals surface area contributed by atoms with E-state index in [1.54, 1.807) is 0 Å². The van der Waals surface area contributed by atoms with E-state index in [4.69, 9.17) is 0 Å². The second kappa shape index (κ2) is 6.98. The molecule has 4 heteroatoms. The highest BCUT2D eigenvalue weighted by atomic mass is 16.2. The van der Waals surface area contributed by atoms with E-state index in [-0.39, 0.29) is 11.9 Å². The van der Waals surface area contributed by atoms with Crippen LogP contribution in [0, 0.1) is 0 Å². The summed E-state index contributed by atoms with van der Waals surface area (Å²) in [7, 11) is 0. The minimum Gasteiger partial charge on any atom is -0.340 e. The van der Waals surface area contributed by atoms with E-state index >= 15 is 0 Å². The van der Waals surface area contributed by atoms with Gasteiger partial charge in [-0.05, 0) is 11.1 Å². The van der Waals surface area contributed by atoms with Gasteiger partial charge in [0.2, 0.25) is 0 Å². The van der Waals surface area contributed by atoms with Gasteiger partial charge in [-0.25, -0.2) is 0 Å². The first kappa shape index (κ1) is 16.3. The van der Waals surface area contributed by atoms with E-state index in [9.17, 15) is 4.79 Å². The molecule has 3 saturated heterocycles. The number of hydrogen-bond acceptors (Lipinski definition) is 2. The van der Waals surface area contributed by atoms with Crippen molar-refractivity contribution in [3.05, 3.63) is 71.8 Å². The number of carbonyl (C=O) groups excluding carboxylic acids is 1. The monoisotopic (exact) mass is 336 g/mol. The molecule has 3 aliphatic rings. The summed E-state index contributed by atoms with van der Waals surface area (Å²) < 4.78 is 0.957. The van der Waals surface area contributed by atoms with Crippen LogP contribution in [-0.4, -0.2) is 61.1 Å². The maximum atomic E-state index is 12.9. The smallest absolute Gasteiger partial charge is 0.276 e. The first-order chi connectivity index (χ1) is 12.2. The summed E-state index contributed by atoms with van der Waals surface area (Å²) in [4.78, 5) is 15.4. The fourth-order valence-electron chi connectivity index (χ4n) is 4.13. The predicted octanol–water partition coefficient (Wildman–Crippen LogP) is 2.04. The van der Waals surface area contributed by atoms with Crippen LogP contribution >= 0.6 is 0 Å². The van der Waals surface area contributed by atoms with Crippen molar-refractivity contribution in [1.82, 2.24) is 10.2 Å². The molecular weight excluding hydrogens is 310 g/mol.